The molecule has 0 saturated carbocycles. The van der Waals surface area contributed by atoms with Crippen LogP contribution >= 0.6 is 0 Å². The summed E-state index contributed by atoms with van der Waals surface area (Å²) in [6.45, 7) is 13.5. The van der Waals surface area contributed by atoms with Gasteiger partial charge in [0.25, 0.3) is 0 Å². The second-order valence-corrected chi connectivity index (χ2v) is 5.03. The second kappa shape index (κ2) is 8.49. The molecule has 2 rings (SSSR count). The highest BCUT2D eigenvalue weighted by Gasteiger charge is 2.14. The molecule has 2 nitrogen and oxygen atoms in total. The summed E-state index contributed by atoms with van der Waals surface area (Å²) < 4.78 is 2.11. The summed E-state index contributed by atoms with van der Waals surface area (Å²) in [7, 11) is 0. The summed E-state index contributed by atoms with van der Waals surface area (Å²) in [6.07, 6.45) is 17.2. The standard InChI is InChI=1S/C22H22N2/c1-5-9-14-18(8-4)22-23-20-16-11-12-17-21(20)24(22)19(13-7-3)15-10-6-2/h5-17H,2-4H2,1H3/b9-5-,15-10-,18-14+,19-13+. The van der Waals surface area contributed by atoms with Crippen molar-refractivity contribution in [1.29, 1.82) is 0 Å². The van der Waals surface area contributed by atoms with Gasteiger partial charge in [-0.05, 0) is 31.2 Å². The third-order valence-electron chi connectivity index (χ3n) is 3.46. The van der Waals surface area contributed by atoms with Gasteiger partial charge in [-0.2, -0.15) is 0 Å². The van der Waals surface area contributed by atoms with Crippen LogP contribution in [0.5, 0.6) is 0 Å². The fourth-order valence-corrected chi connectivity index (χ4v) is 2.41. The normalized spacial score (nSPS) is 13.0. The molecule has 0 spiro atoms. The summed E-state index contributed by atoms with van der Waals surface area (Å²) >= 11 is 0. The molecule has 0 fully saturated rings. The number of benzene rings is 1. The Hall–Kier alpha value is -3.13. The van der Waals surface area contributed by atoms with Crippen LogP contribution in [0.15, 0.2) is 98.7 Å². The minimum Gasteiger partial charge on any atom is -0.292 e. The van der Waals surface area contributed by atoms with Gasteiger partial charge in [0.15, 0.2) is 0 Å². The monoisotopic (exact) mass is 314 g/mol. The third-order valence-corrected chi connectivity index (χ3v) is 3.46. The Balaban J connectivity index is 2.82. The molecule has 0 aliphatic carbocycles. The molecule has 120 valence electrons. The van der Waals surface area contributed by atoms with Gasteiger partial charge in [-0.25, -0.2) is 4.98 Å². The van der Waals surface area contributed by atoms with Crippen LogP contribution in [0.3, 0.4) is 0 Å². The van der Waals surface area contributed by atoms with Crippen molar-refractivity contribution in [2.45, 2.75) is 6.92 Å². The van der Waals surface area contributed by atoms with E-state index in [9.17, 15) is 0 Å². The Morgan fingerprint density at radius 3 is 2.50 bits per heavy atom. The summed E-state index contributed by atoms with van der Waals surface area (Å²) in [6, 6.07) is 8.06. The molecule has 0 saturated heterocycles. The number of hydrogen-bond acceptors (Lipinski definition) is 1. The molecule has 1 aromatic heterocycles. The third kappa shape index (κ3) is 3.61. The lowest BCUT2D eigenvalue weighted by Gasteiger charge is -2.10. The van der Waals surface area contributed by atoms with E-state index in [1.807, 2.05) is 67.7 Å². The maximum atomic E-state index is 4.80. The molecule has 0 atom stereocenters. The molecule has 1 aromatic carbocycles. The van der Waals surface area contributed by atoms with Crippen LogP contribution in [-0.2, 0) is 0 Å². The van der Waals surface area contributed by atoms with Gasteiger partial charge in [-0.15, -0.1) is 0 Å². The van der Waals surface area contributed by atoms with Crippen LogP contribution < -0.4 is 0 Å². The molecule has 2 aromatic rings. The van der Waals surface area contributed by atoms with E-state index in [-0.39, 0.29) is 0 Å². The minimum absolute atomic E-state index is 0.839. The largest absolute Gasteiger partial charge is 0.292 e. The number of imidazole rings is 1. The molecule has 0 radical (unpaired) electrons. The molecule has 24 heavy (non-hydrogen) atoms. The Kier molecular flexibility index (Phi) is 6.09. The smallest absolute Gasteiger partial charge is 0.145 e. The Morgan fingerprint density at radius 2 is 1.83 bits per heavy atom. The molecule has 0 aliphatic heterocycles. The quantitative estimate of drug-likeness (QED) is 0.577. The number of aromatic nitrogens is 2. The maximum Gasteiger partial charge on any atom is 0.145 e. The van der Waals surface area contributed by atoms with E-state index in [2.05, 4.69) is 30.4 Å². The number of rotatable bonds is 7. The van der Waals surface area contributed by atoms with Crippen molar-refractivity contribution >= 4 is 22.3 Å². The van der Waals surface area contributed by atoms with Gasteiger partial charge >= 0.3 is 0 Å². The Morgan fingerprint density at radius 1 is 1.04 bits per heavy atom. The average molecular weight is 314 g/mol. The molecule has 0 aliphatic rings. The van der Waals surface area contributed by atoms with Gasteiger partial charge in [0.1, 0.15) is 5.82 Å². The Bertz CT molecular complexity index is 871. The SMILES string of the molecule is C=C/C=C\C(=C/C=C)n1c(/C(C=C)=C/C=C\C)nc2ccccc21. The highest BCUT2D eigenvalue weighted by Crippen LogP contribution is 2.27. The van der Waals surface area contributed by atoms with Gasteiger partial charge < -0.3 is 0 Å². The van der Waals surface area contributed by atoms with Crippen LogP contribution in [-0.4, -0.2) is 9.55 Å². The molecule has 0 N–H and O–H groups in total. The fourth-order valence-electron chi connectivity index (χ4n) is 2.41. The topological polar surface area (TPSA) is 17.8 Å². The van der Waals surface area contributed by atoms with Crippen molar-refractivity contribution in [2.75, 3.05) is 0 Å². The van der Waals surface area contributed by atoms with Crippen molar-refractivity contribution < 1.29 is 0 Å². The molecule has 1 heterocycles. The fraction of sp³-hybridized carbons (Fsp3) is 0.0455. The number of allylic oxidation sites excluding steroid dienone is 11. The summed E-state index contributed by atoms with van der Waals surface area (Å²) in [4.78, 5) is 4.80. The second-order valence-electron chi connectivity index (χ2n) is 5.03. The van der Waals surface area contributed by atoms with Gasteiger partial charge in [-0.3, -0.25) is 4.57 Å². The first-order valence-electron chi connectivity index (χ1n) is 7.82. The van der Waals surface area contributed by atoms with E-state index in [4.69, 9.17) is 4.98 Å². The Labute approximate surface area is 143 Å². The number of nitrogens with zero attached hydrogens (tertiary/aromatic N) is 2. The zero-order valence-corrected chi connectivity index (χ0v) is 14.0. The molecule has 2 heteroatoms. The van der Waals surface area contributed by atoms with Crippen molar-refractivity contribution in [2.24, 2.45) is 0 Å². The molecule has 0 bridgehead atoms. The van der Waals surface area contributed by atoms with Gasteiger partial charge in [0.05, 0.1) is 11.0 Å². The van der Waals surface area contributed by atoms with E-state index in [0.29, 0.717) is 0 Å². The van der Waals surface area contributed by atoms with E-state index in [1.54, 1.807) is 12.2 Å². The van der Waals surface area contributed by atoms with Gasteiger partial charge in [0, 0.05) is 11.3 Å². The van der Waals surface area contributed by atoms with Crippen molar-refractivity contribution in [3.8, 4) is 0 Å². The summed E-state index contributed by atoms with van der Waals surface area (Å²) in [5.41, 5.74) is 3.87. The summed E-state index contributed by atoms with van der Waals surface area (Å²) in [5.74, 6) is 0.839. The summed E-state index contributed by atoms with van der Waals surface area (Å²) in [5, 5.41) is 0. The number of para-hydroxylation sites is 2. The molecular weight excluding hydrogens is 292 g/mol. The number of hydrogen-bond donors (Lipinski definition) is 0. The van der Waals surface area contributed by atoms with E-state index in [1.165, 1.54) is 0 Å². The van der Waals surface area contributed by atoms with Crippen LogP contribution in [0, 0.1) is 0 Å². The molecule has 0 unspecified atom stereocenters. The minimum atomic E-state index is 0.839. The number of fused-ring (bicyclic) bond motifs is 1. The van der Waals surface area contributed by atoms with Crippen LogP contribution in [0.4, 0.5) is 0 Å². The van der Waals surface area contributed by atoms with E-state index < -0.39 is 0 Å². The predicted octanol–water partition coefficient (Wildman–Crippen LogP) is 5.95. The molecule has 0 amide bonds. The predicted molar refractivity (Wildman–Crippen MR) is 107 cm³/mol. The lowest BCUT2D eigenvalue weighted by atomic mass is 10.2. The maximum absolute atomic E-state index is 4.80. The lowest BCUT2D eigenvalue weighted by molar-refractivity contribution is 1.09. The van der Waals surface area contributed by atoms with Crippen molar-refractivity contribution in [3.05, 3.63) is 105 Å². The van der Waals surface area contributed by atoms with E-state index in [0.717, 1.165) is 28.1 Å². The van der Waals surface area contributed by atoms with Crippen LogP contribution in [0.25, 0.3) is 22.3 Å². The zero-order valence-electron chi connectivity index (χ0n) is 14.0. The molecular formula is C22H22N2. The van der Waals surface area contributed by atoms with Crippen molar-refractivity contribution in [1.82, 2.24) is 9.55 Å². The first kappa shape index (κ1) is 17.2. The lowest BCUT2D eigenvalue weighted by Crippen LogP contribution is -2.00. The highest BCUT2D eigenvalue weighted by molar-refractivity contribution is 5.87. The zero-order chi connectivity index (χ0) is 17.4. The van der Waals surface area contributed by atoms with Gasteiger partial charge in [-0.1, -0.05) is 74.4 Å². The average Bonchev–Trinajstić information content (AvgIpc) is 2.98. The highest BCUT2D eigenvalue weighted by atomic mass is 15.1. The van der Waals surface area contributed by atoms with Crippen molar-refractivity contribution in [3.63, 3.8) is 0 Å². The first-order chi connectivity index (χ1) is 11.8. The van der Waals surface area contributed by atoms with Gasteiger partial charge in [0.2, 0.25) is 0 Å². The first-order valence-corrected chi connectivity index (χ1v) is 7.82. The van der Waals surface area contributed by atoms with Crippen LogP contribution in [0.2, 0.25) is 0 Å². The van der Waals surface area contributed by atoms with Crippen LogP contribution in [0.1, 0.15) is 12.7 Å². The van der Waals surface area contributed by atoms with E-state index >= 15 is 0 Å².